The molecule has 1 amide bonds. The fourth-order valence-electron chi connectivity index (χ4n) is 3.67. The van der Waals surface area contributed by atoms with Gasteiger partial charge in [0.05, 0.1) is 28.8 Å². The molecule has 3 rings (SSSR count). The van der Waals surface area contributed by atoms with Crippen molar-refractivity contribution in [1.82, 2.24) is 8.61 Å². The minimum absolute atomic E-state index is 0.0328. The molecule has 1 saturated heterocycles. The lowest BCUT2D eigenvalue weighted by Gasteiger charge is -2.28. The minimum atomic E-state index is -3.88. The van der Waals surface area contributed by atoms with Gasteiger partial charge in [-0.15, -0.1) is 0 Å². The number of rotatable bonds is 5. The number of sulfonamides is 2. The Bertz CT molecular complexity index is 1000. The normalized spacial score (nSPS) is 23.8. The van der Waals surface area contributed by atoms with Crippen molar-refractivity contribution in [2.24, 2.45) is 11.8 Å². The number of nitrogens with zero attached hydrogens (tertiary/aromatic N) is 2. The molecule has 0 bridgehead atoms. The van der Waals surface area contributed by atoms with Gasteiger partial charge in [-0.2, -0.15) is 4.31 Å². The van der Waals surface area contributed by atoms with Crippen LogP contribution in [0.5, 0.6) is 0 Å². The summed E-state index contributed by atoms with van der Waals surface area (Å²) in [5.74, 6) is -1.53. The third kappa shape index (κ3) is 3.37. The Morgan fingerprint density at radius 2 is 1.74 bits per heavy atom. The van der Waals surface area contributed by atoms with Crippen molar-refractivity contribution < 1.29 is 21.6 Å². The molecular formula is C17H21BrN2O5S2. The summed E-state index contributed by atoms with van der Waals surface area (Å²) >= 11 is 3.32. The van der Waals surface area contributed by atoms with E-state index in [1.165, 1.54) is 22.5 Å². The molecule has 2 heterocycles. The van der Waals surface area contributed by atoms with Crippen LogP contribution in [-0.2, 0) is 30.2 Å². The van der Waals surface area contributed by atoms with Crippen LogP contribution in [0, 0.1) is 11.8 Å². The molecule has 2 aliphatic heterocycles. The highest BCUT2D eigenvalue weighted by Crippen LogP contribution is 2.43. The maximum absolute atomic E-state index is 13.2. The van der Waals surface area contributed by atoms with Crippen LogP contribution in [0.1, 0.15) is 19.4 Å². The Morgan fingerprint density at radius 3 is 2.22 bits per heavy atom. The second kappa shape index (κ2) is 6.98. The Morgan fingerprint density at radius 1 is 1.15 bits per heavy atom. The van der Waals surface area contributed by atoms with Crippen molar-refractivity contribution in [3.8, 4) is 0 Å². The number of hydrogen-bond acceptors (Lipinski definition) is 5. The first kappa shape index (κ1) is 20.5. The molecule has 10 heteroatoms. The Hall–Kier alpha value is -1.23. The van der Waals surface area contributed by atoms with Crippen molar-refractivity contribution in [2.75, 3.05) is 12.8 Å². The second-order valence-electron chi connectivity index (χ2n) is 7.06. The Labute approximate surface area is 168 Å². The summed E-state index contributed by atoms with van der Waals surface area (Å²) in [6, 6.07) is 5.68. The maximum Gasteiger partial charge on any atom is 0.245 e. The zero-order chi connectivity index (χ0) is 20.1. The molecule has 0 radical (unpaired) electrons. The number of carbonyl (C=O) groups excluding carboxylic acids is 1. The molecule has 2 atom stereocenters. The first-order chi connectivity index (χ1) is 12.5. The van der Waals surface area contributed by atoms with Gasteiger partial charge in [0.15, 0.2) is 0 Å². The molecule has 0 spiro atoms. The van der Waals surface area contributed by atoms with Gasteiger partial charge in [-0.05, 0) is 29.7 Å². The largest absolute Gasteiger partial charge is 0.273 e. The van der Waals surface area contributed by atoms with Crippen molar-refractivity contribution >= 4 is 41.9 Å². The van der Waals surface area contributed by atoms with Crippen molar-refractivity contribution in [2.45, 2.75) is 30.1 Å². The van der Waals surface area contributed by atoms with E-state index in [0.29, 0.717) is 5.33 Å². The summed E-state index contributed by atoms with van der Waals surface area (Å²) in [7, 11) is -7.71. The molecule has 0 aliphatic carbocycles. The molecule has 27 heavy (non-hydrogen) atoms. The van der Waals surface area contributed by atoms with Gasteiger partial charge in [0.2, 0.25) is 26.0 Å². The third-order valence-corrected chi connectivity index (χ3v) is 8.45. The molecule has 1 aromatic rings. The minimum Gasteiger partial charge on any atom is -0.273 e. The molecule has 1 fully saturated rings. The number of halogens is 1. The molecule has 2 aliphatic rings. The molecule has 1 aromatic carbocycles. The first-order valence-corrected chi connectivity index (χ1v) is 12.8. The number of amides is 1. The number of alkyl halides is 1. The van der Waals surface area contributed by atoms with E-state index in [1.54, 1.807) is 26.0 Å². The SMILES string of the molecule is CC(C)[C@H]1C(=O)N(S(C)(=O)=O)C2=CCN(S(=O)(=O)c3ccc(CBr)cc3)[C@@H]21. The molecule has 0 unspecified atom stereocenters. The van der Waals surface area contributed by atoms with Crippen molar-refractivity contribution in [1.29, 1.82) is 0 Å². The summed E-state index contributed by atoms with van der Waals surface area (Å²) in [6.45, 7) is 3.62. The summed E-state index contributed by atoms with van der Waals surface area (Å²) < 4.78 is 52.7. The molecule has 0 aromatic heterocycles. The van der Waals surface area contributed by atoms with Crippen LogP contribution in [0.25, 0.3) is 0 Å². The number of benzene rings is 1. The predicted molar refractivity (Wildman–Crippen MR) is 105 cm³/mol. The third-order valence-electron chi connectivity index (χ3n) is 4.89. The van der Waals surface area contributed by atoms with Crippen LogP contribution in [0.3, 0.4) is 0 Å². The van der Waals surface area contributed by atoms with Crippen molar-refractivity contribution in [3.63, 3.8) is 0 Å². The monoisotopic (exact) mass is 476 g/mol. The Balaban J connectivity index is 2.05. The summed E-state index contributed by atoms with van der Waals surface area (Å²) in [5, 5.41) is 0.610. The highest BCUT2D eigenvalue weighted by atomic mass is 79.9. The van der Waals surface area contributed by atoms with Gasteiger partial charge in [0.25, 0.3) is 0 Å². The van der Waals surface area contributed by atoms with Crippen LogP contribution < -0.4 is 0 Å². The van der Waals surface area contributed by atoms with E-state index in [1.807, 2.05) is 0 Å². The van der Waals surface area contributed by atoms with Crippen LogP contribution in [0.15, 0.2) is 40.9 Å². The highest BCUT2D eigenvalue weighted by Gasteiger charge is 2.56. The lowest BCUT2D eigenvalue weighted by molar-refractivity contribution is -0.128. The number of carbonyl (C=O) groups is 1. The molecule has 0 saturated carbocycles. The van der Waals surface area contributed by atoms with E-state index in [9.17, 15) is 21.6 Å². The van der Waals surface area contributed by atoms with Crippen LogP contribution in [0.2, 0.25) is 0 Å². The van der Waals surface area contributed by atoms with E-state index in [2.05, 4.69) is 15.9 Å². The smallest absolute Gasteiger partial charge is 0.245 e. The summed E-state index contributed by atoms with van der Waals surface area (Å²) in [6.07, 6.45) is 2.48. The van der Waals surface area contributed by atoms with E-state index in [4.69, 9.17) is 0 Å². The molecule has 148 valence electrons. The summed E-state index contributed by atoms with van der Waals surface area (Å²) in [5.41, 5.74) is 1.18. The van der Waals surface area contributed by atoms with E-state index in [0.717, 1.165) is 16.1 Å². The molecule has 0 N–H and O–H groups in total. The fraction of sp³-hybridized carbons (Fsp3) is 0.471. The number of hydrogen-bond donors (Lipinski definition) is 0. The standard InChI is InChI=1S/C17H21BrN2O5S2/c1-11(2)15-16-14(20(17(15)21)26(3,22)23)8-9-19(16)27(24,25)13-6-4-12(10-18)5-7-13/h4-8,11,15-16H,9-10H2,1-3H3/t15-,16+/m1/s1. The van der Waals surface area contributed by atoms with Crippen LogP contribution in [0.4, 0.5) is 0 Å². The van der Waals surface area contributed by atoms with Gasteiger partial charge in [-0.1, -0.05) is 41.9 Å². The lowest BCUT2D eigenvalue weighted by atomic mass is 9.90. The van der Waals surface area contributed by atoms with E-state index >= 15 is 0 Å². The predicted octanol–water partition coefficient (Wildman–Crippen LogP) is 1.91. The van der Waals surface area contributed by atoms with Crippen LogP contribution in [-0.4, -0.2) is 50.2 Å². The molecular weight excluding hydrogens is 456 g/mol. The van der Waals surface area contributed by atoms with E-state index < -0.39 is 37.9 Å². The van der Waals surface area contributed by atoms with Gasteiger partial charge >= 0.3 is 0 Å². The second-order valence-corrected chi connectivity index (χ2v) is 11.3. The van der Waals surface area contributed by atoms with Gasteiger partial charge in [0, 0.05) is 11.9 Å². The number of fused-ring (bicyclic) bond motifs is 1. The van der Waals surface area contributed by atoms with Gasteiger partial charge in [-0.25, -0.2) is 21.1 Å². The van der Waals surface area contributed by atoms with Gasteiger partial charge < -0.3 is 0 Å². The maximum atomic E-state index is 13.2. The average Bonchev–Trinajstić information content (AvgIpc) is 3.10. The fourth-order valence-corrected chi connectivity index (χ4v) is 6.61. The van der Waals surface area contributed by atoms with Crippen LogP contribution >= 0.6 is 15.9 Å². The van der Waals surface area contributed by atoms with E-state index in [-0.39, 0.29) is 23.1 Å². The quantitative estimate of drug-likeness (QED) is 0.605. The van der Waals surface area contributed by atoms with Gasteiger partial charge in [0.1, 0.15) is 0 Å². The first-order valence-electron chi connectivity index (χ1n) is 8.41. The van der Waals surface area contributed by atoms with Crippen molar-refractivity contribution in [3.05, 3.63) is 41.6 Å². The Kier molecular flexibility index (Phi) is 5.30. The lowest BCUT2D eigenvalue weighted by Crippen LogP contribution is -2.42. The van der Waals surface area contributed by atoms with Gasteiger partial charge in [-0.3, -0.25) is 4.79 Å². The topological polar surface area (TPSA) is 91.8 Å². The molecule has 7 nitrogen and oxygen atoms in total. The zero-order valence-electron chi connectivity index (χ0n) is 15.2. The zero-order valence-corrected chi connectivity index (χ0v) is 18.4. The summed E-state index contributed by atoms with van der Waals surface area (Å²) in [4.78, 5) is 12.9. The highest BCUT2D eigenvalue weighted by molar-refractivity contribution is 9.08. The average molecular weight is 477 g/mol.